The van der Waals surface area contributed by atoms with Gasteiger partial charge in [0.2, 0.25) is 0 Å². The van der Waals surface area contributed by atoms with Crippen molar-refractivity contribution < 1.29 is 9.13 Å². The minimum atomic E-state index is -0.316. The molecule has 3 heterocycles. The number of nitrogens with zero attached hydrogens (tertiary/aromatic N) is 5. The first-order chi connectivity index (χ1) is 11.5. The molecule has 0 N–H and O–H groups in total. The van der Waals surface area contributed by atoms with E-state index in [-0.39, 0.29) is 11.9 Å². The quantitative estimate of drug-likeness (QED) is 0.725. The Hall–Kier alpha value is -2.70. The van der Waals surface area contributed by atoms with E-state index in [0.717, 1.165) is 22.9 Å². The molecular weight excluding hydrogens is 309 g/mol. The third-order valence-electron chi connectivity index (χ3n) is 4.01. The van der Waals surface area contributed by atoms with E-state index in [9.17, 15) is 4.39 Å². The Morgan fingerprint density at radius 1 is 1.21 bits per heavy atom. The molecule has 1 aliphatic rings. The molecule has 0 spiro atoms. The van der Waals surface area contributed by atoms with Crippen molar-refractivity contribution in [3.05, 3.63) is 36.0 Å². The van der Waals surface area contributed by atoms with Crippen LogP contribution in [0.2, 0.25) is 0 Å². The van der Waals surface area contributed by atoms with E-state index in [1.165, 1.54) is 12.1 Å². The zero-order valence-corrected chi connectivity index (χ0v) is 13.8. The van der Waals surface area contributed by atoms with Gasteiger partial charge in [-0.1, -0.05) is 0 Å². The van der Waals surface area contributed by atoms with Crippen molar-refractivity contribution in [2.24, 2.45) is 0 Å². The summed E-state index contributed by atoms with van der Waals surface area (Å²) in [5.41, 5.74) is 1.55. The normalized spacial score (nSPS) is 13.4. The van der Waals surface area contributed by atoms with Gasteiger partial charge in [-0.05, 0) is 32.9 Å². The first kappa shape index (κ1) is 14.9. The Bertz CT molecular complexity index is 912. The minimum absolute atomic E-state index is 0.187. The van der Waals surface area contributed by atoms with Gasteiger partial charge < -0.3 is 9.30 Å². The second kappa shape index (κ2) is 5.43. The number of imidazole rings is 1. The molecule has 0 saturated carbocycles. The molecule has 24 heavy (non-hydrogen) atoms. The Morgan fingerprint density at radius 2 is 2.04 bits per heavy atom. The van der Waals surface area contributed by atoms with E-state index in [4.69, 9.17) is 9.72 Å². The number of fused-ring (bicyclic) bond motifs is 3. The highest BCUT2D eigenvalue weighted by Gasteiger charge is 2.22. The van der Waals surface area contributed by atoms with Gasteiger partial charge in [0.05, 0.1) is 12.1 Å². The van der Waals surface area contributed by atoms with Crippen LogP contribution in [0.4, 0.5) is 4.39 Å². The molecule has 2 aromatic heterocycles. The lowest BCUT2D eigenvalue weighted by molar-refractivity contribution is 0.305. The number of rotatable bonds is 2. The summed E-state index contributed by atoms with van der Waals surface area (Å²) in [4.78, 5) is 9.27. The van der Waals surface area contributed by atoms with Crippen molar-refractivity contribution in [2.75, 3.05) is 6.61 Å². The summed E-state index contributed by atoms with van der Waals surface area (Å²) in [6.45, 7) is 7.10. The monoisotopic (exact) mass is 327 g/mol. The molecule has 0 fully saturated rings. The lowest BCUT2D eigenvalue weighted by atomic mass is 10.2. The van der Waals surface area contributed by atoms with Crippen molar-refractivity contribution >= 4 is 0 Å². The zero-order chi connectivity index (χ0) is 16.8. The summed E-state index contributed by atoms with van der Waals surface area (Å²) in [5, 5.41) is 4.45. The van der Waals surface area contributed by atoms with E-state index < -0.39 is 0 Å². The van der Waals surface area contributed by atoms with Crippen LogP contribution in [-0.2, 0) is 6.54 Å². The SMILES string of the molecule is Cc1nc(-c2cn3c(n2)-c2ccc(F)cc2OCC3)n(C(C)C)n1. The fourth-order valence-corrected chi connectivity index (χ4v) is 2.93. The van der Waals surface area contributed by atoms with E-state index in [0.29, 0.717) is 24.7 Å². The maximum absolute atomic E-state index is 13.5. The van der Waals surface area contributed by atoms with Crippen LogP contribution in [0.1, 0.15) is 25.7 Å². The molecule has 1 aromatic carbocycles. The summed E-state index contributed by atoms with van der Waals surface area (Å²) in [7, 11) is 0. The van der Waals surface area contributed by atoms with E-state index in [2.05, 4.69) is 23.9 Å². The molecule has 0 aliphatic carbocycles. The third-order valence-corrected chi connectivity index (χ3v) is 4.01. The molecule has 6 nitrogen and oxygen atoms in total. The van der Waals surface area contributed by atoms with Crippen LogP contribution >= 0.6 is 0 Å². The molecule has 124 valence electrons. The van der Waals surface area contributed by atoms with E-state index in [1.807, 2.05) is 22.4 Å². The molecule has 4 rings (SSSR count). The second-order valence-corrected chi connectivity index (χ2v) is 6.15. The highest BCUT2D eigenvalue weighted by Crippen LogP contribution is 2.34. The van der Waals surface area contributed by atoms with E-state index in [1.54, 1.807) is 6.07 Å². The number of hydrogen-bond acceptors (Lipinski definition) is 4. The van der Waals surface area contributed by atoms with Gasteiger partial charge in [0.1, 0.15) is 35.5 Å². The van der Waals surface area contributed by atoms with Gasteiger partial charge in [-0.3, -0.25) is 0 Å². The molecule has 0 unspecified atom stereocenters. The summed E-state index contributed by atoms with van der Waals surface area (Å²) < 4.78 is 23.0. The van der Waals surface area contributed by atoms with Crippen LogP contribution in [0.15, 0.2) is 24.4 Å². The number of aryl methyl sites for hydroxylation is 1. The van der Waals surface area contributed by atoms with Crippen LogP contribution < -0.4 is 4.74 Å². The van der Waals surface area contributed by atoms with Gasteiger partial charge >= 0.3 is 0 Å². The molecule has 0 amide bonds. The lowest BCUT2D eigenvalue weighted by Gasteiger charge is -2.07. The molecule has 3 aromatic rings. The molecule has 0 saturated heterocycles. The van der Waals surface area contributed by atoms with Crippen molar-refractivity contribution in [2.45, 2.75) is 33.4 Å². The average molecular weight is 327 g/mol. The highest BCUT2D eigenvalue weighted by atomic mass is 19.1. The van der Waals surface area contributed by atoms with Gasteiger partial charge in [-0.25, -0.2) is 19.0 Å². The maximum Gasteiger partial charge on any atom is 0.178 e. The smallest absolute Gasteiger partial charge is 0.178 e. The first-order valence-corrected chi connectivity index (χ1v) is 7.96. The van der Waals surface area contributed by atoms with Crippen molar-refractivity contribution in [1.82, 2.24) is 24.3 Å². The Balaban J connectivity index is 1.87. The van der Waals surface area contributed by atoms with Gasteiger partial charge in [0.15, 0.2) is 5.82 Å². The zero-order valence-electron chi connectivity index (χ0n) is 13.8. The summed E-state index contributed by atoms with van der Waals surface area (Å²) >= 11 is 0. The fourth-order valence-electron chi connectivity index (χ4n) is 2.93. The highest BCUT2D eigenvalue weighted by molar-refractivity contribution is 5.68. The minimum Gasteiger partial charge on any atom is -0.491 e. The summed E-state index contributed by atoms with van der Waals surface area (Å²) in [5.74, 6) is 2.42. The van der Waals surface area contributed by atoms with Crippen LogP contribution in [-0.4, -0.2) is 30.9 Å². The number of aromatic nitrogens is 5. The third kappa shape index (κ3) is 2.36. The van der Waals surface area contributed by atoms with E-state index >= 15 is 0 Å². The number of halogens is 1. The summed E-state index contributed by atoms with van der Waals surface area (Å²) in [6, 6.07) is 4.72. The molecular formula is C17H18FN5O. The van der Waals surface area contributed by atoms with Gasteiger partial charge in [0, 0.05) is 18.3 Å². The average Bonchev–Trinajstić information content (AvgIpc) is 3.07. The molecule has 0 radical (unpaired) electrons. The summed E-state index contributed by atoms with van der Waals surface area (Å²) in [6.07, 6.45) is 1.96. The van der Waals surface area contributed by atoms with Crippen molar-refractivity contribution in [3.8, 4) is 28.7 Å². The first-order valence-electron chi connectivity index (χ1n) is 7.96. The number of ether oxygens (including phenoxy) is 1. The molecule has 7 heteroatoms. The Kier molecular flexibility index (Phi) is 3.37. The number of benzene rings is 1. The van der Waals surface area contributed by atoms with Crippen molar-refractivity contribution in [1.29, 1.82) is 0 Å². The van der Waals surface area contributed by atoms with Crippen LogP contribution in [0.3, 0.4) is 0 Å². The lowest BCUT2D eigenvalue weighted by Crippen LogP contribution is -2.06. The predicted octanol–water partition coefficient (Wildman–Crippen LogP) is 3.23. The molecule has 0 atom stereocenters. The molecule has 0 bridgehead atoms. The molecule has 1 aliphatic heterocycles. The van der Waals surface area contributed by atoms with Crippen LogP contribution in [0, 0.1) is 12.7 Å². The Morgan fingerprint density at radius 3 is 2.83 bits per heavy atom. The Labute approximate surface area is 138 Å². The standard InChI is InChI=1S/C17H18FN5O/c1-10(2)23-17(19-11(3)21-23)14-9-22-6-7-24-15-8-12(18)4-5-13(15)16(22)20-14/h4-5,8-10H,6-7H2,1-3H3. The predicted molar refractivity (Wildman–Crippen MR) is 87.3 cm³/mol. The fraction of sp³-hybridized carbons (Fsp3) is 0.353. The van der Waals surface area contributed by atoms with Crippen molar-refractivity contribution in [3.63, 3.8) is 0 Å². The largest absolute Gasteiger partial charge is 0.491 e. The van der Waals surface area contributed by atoms with Crippen LogP contribution in [0.5, 0.6) is 5.75 Å². The maximum atomic E-state index is 13.5. The number of hydrogen-bond donors (Lipinski definition) is 0. The van der Waals surface area contributed by atoms with Gasteiger partial charge in [0.25, 0.3) is 0 Å². The second-order valence-electron chi connectivity index (χ2n) is 6.15. The van der Waals surface area contributed by atoms with Gasteiger partial charge in [-0.2, -0.15) is 5.10 Å². The topological polar surface area (TPSA) is 57.8 Å². The van der Waals surface area contributed by atoms with Gasteiger partial charge in [-0.15, -0.1) is 0 Å². The van der Waals surface area contributed by atoms with Crippen LogP contribution in [0.25, 0.3) is 22.9 Å².